The maximum absolute atomic E-state index is 12.6. The number of halogens is 1. The van der Waals surface area contributed by atoms with Gasteiger partial charge in [0, 0.05) is 4.47 Å². The number of benzene rings is 2. The maximum Gasteiger partial charge on any atom is 0.239 e. The molecule has 2 N–H and O–H groups in total. The average molecular weight is 448 g/mol. The summed E-state index contributed by atoms with van der Waals surface area (Å²) in [7, 11) is -7.14. The van der Waals surface area contributed by atoms with Crippen LogP contribution in [-0.4, -0.2) is 35.5 Å². The number of nitrogens with two attached hydrogens (primary N) is 1. The van der Waals surface area contributed by atoms with E-state index in [1.165, 1.54) is 31.4 Å². The minimum absolute atomic E-state index is 0.0716. The zero-order valence-electron chi connectivity index (χ0n) is 13.0. The summed E-state index contributed by atoms with van der Waals surface area (Å²) in [5.74, 6) is -1.44. The number of hydrogen-bond donors (Lipinski definition) is 1. The molecule has 0 heterocycles. The molecule has 7 nitrogen and oxygen atoms in total. The first-order valence-corrected chi connectivity index (χ1v) is 10.8. The molecular weight excluding hydrogens is 434 g/mol. The minimum atomic E-state index is -4.26. The number of hydrogen-bond acceptors (Lipinski definition) is 6. The molecule has 0 bridgehead atoms. The van der Waals surface area contributed by atoms with Crippen molar-refractivity contribution >= 4 is 41.6 Å². The number of methoxy groups -OCH3 is 1. The molecule has 0 aliphatic heterocycles. The Labute approximate surface area is 153 Å². The summed E-state index contributed by atoms with van der Waals surface area (Å²) >= 11 is 3.23. The Morgan fingerprint density at radius 3 is 2.24 bits per heavy atom. The van der Waals surface area contributed by atoms with Gasteiger partial charge >= 0.3 is 0 Å². The van der Waals surface area contributed by atoms with Gasteiger partial charge in [-0.3, -0.25) is 4.79 Å². The van der Waals surface area contributed by atoms with Gasteiger partial charge in [0.25, 0.3) is 0 Å². The predicted molar refractivity (Wildman–Crippen MR) is 94.9 cm³/mol. The molecule has 25 heavy (non-hydrogen) atoms. The Morgan fingerprint density at radius 2 is 1.68 bits per heavy atom. The highest BCUT2D eigenvalue weighted by atomic mass is 79.9. The first kappa shape index (κ1) is 19.6. The van der Waals surface area contributed by atoms with Crippen molar-refractivity contribution in [3.63, 3.8) is 0 Å². The van der Waals surface area contributed by atoms with E-state index in [0.29, 0.717) is 4.47 Å². The molecule has 0 unspecified atom stereocenters. The largest absolute Gasteiger partial charge is 0.496 e. The summed E-state index contributed by atoms with van der Waals surface area (Å²) in [4.78, 5) is 11.4. The lowest BCUT2D eigenvalue weighted by molar-refractivity contribution is 0.101. The molecule has 0 saturated carbocycles. The molecular formula is C15H14BrNO6S2. The third-order valence-corrected chi connectivity index (χ3v) is 6.54. The third-order valence-electron chi connectivity index (χ3n) is 3.28. The van der Waals surface area contributed by atoms with Crippen molar-refractivity contribution < 1.29 is 26.4 Å². The molecule has 0 saturated heterocycles. The lowest BCUT2D eigenvalue weighted by Gasteiger charge is -2.10. The van der Waals surface area contributed by atoms with Crippen molar-refractivity contribution in [3.8, 4) is 5.75 Å². The van der Waals surface area contributed by atoms with Crippen LogP contribution in [0, 0.1) is 0 Å². The fraction of sp³-hybridized carbons (Fsp3) is 0.133. The van der Waals surface area contributed by atoms with Crippen LogP contribution < -0.4 is 9.88 Å². The standard InChI is InChI=1S/C15H14BrNO6S2/c1-23-13-8-10(16)6-7-11(13)12(18)9-24(19,20)14-4-2-3-5-15(14)25(17,21)22/h2-8H,9H2,1H3,(H2,17,21,22). The van der Waals surface area contributed by atoms with Crippen LogP contribution in [0.4, 0.5) is 0 Å². The topological polar surface area (TPSA) is 121 Å². The van der Waals surface area contributed by atoms with E-state index in [2.05, 4.69) is 15.9 Å². The zero-order valence-corrected chi connectivity index (χ0v) is 16.2. The fourth-order valence-corrected chi connectivity index (χ4v) is 5.17. The van der Waals surface area contributed by atoms with Gasteiger partial charge in [0.2, 0.25) is 10.0 Å². The number of carbonyl (C=O) groups is 1. The molecule has 0 aliphatic carbocycles. The van der Waals surface area contributed by atoms with E-state index in [1.54, 1.807) is 6.07 Å². The number of ether oxygens (including phenoxy) is 1. The molecule has 2 aromatic rings. The van der Waals surface area contributed by atoms with E-state index in [1.807, 2.05) is 0 Å². The van der Waals surface area contributed by atoms with Crippen LogP contribution in [0.2, 0.25) is 0 Å². The highest BCUT2D eigenvalue weighted by Gasteiger charge is 2.28. The normalized spacial score (nSPS) is 12.0. The van der Waals surface area contributed by atoms with Gasteiger partial charge in [0.05, 0.1) is 17.6 Å². The molecule has 2 rings (SSSR count). The van der Waals surface area contributed by atoms with Crippen LogP contribution in [-0.2, 0) is 19.9 Å². The second kappa shape index (κ2) is 7.24. The molecule has 2 aromatic carbocycles. The van der Waals surface area contributed by atoms with Gasteiger partial charge in [-0.05, 0) is 30.3 Å². The van der Waals surface area contributed by atoms with E-state index in [0.717, 1.165) is 12.1 Å². The van der Waals surface area contributed by atoms with Crippen molar-refractivity contribution in [3.05, 3.63) is 52.5 Å². The minimum Gasteiger partial charge on any atom is -0.496 e. The SMILES string of the molecule is COc1cc(Br)ccc1C(=O)CS(=O)(=O)c1ccccc1S(N)(=O)=O. The molecule has 0 radical (unpaired) electrons. The second-order valence-electron chi connectivity index (χ2n) is 5.02. The first-order chi connectivity index (χ1) is 11.6. The number of ketones is 1. The Balaban J connectivity index is 2.46. The van der Waals surface area contributed by atoms with Crippen LogP contribution in [0.15, 0.2) is 56.7 Å². The summed E-state index contributed by atoms with van der Waals surface area (Å²) in [6, 6.07) is 9.39. The van der Waals surface area contributed by atoms with Crippen LogP contribution >= 0.6 is 15.9 Å². The highest BCUT2D eigenvalue weighted by Crippen LogP contribution is 2.26. The fourth-order valence-electron chi connectivity index (χ4n) is 2.17. The number of Topliss-reactive ketones (excluding diaryl/α,β-unsaturated/α-hetero) is 1. The quantitative estimate of drug-likeness (QED) is 0.673. The molecule has 10 heteroatoms. The molecule has 0 amide bonds. The Hall–Kier alpha value is -1.75. The van der Waals surface area contributed by atoms with E-state index >= 15 is 0 Å². The summed E-state index contributed by atoms with van der Waals surface area (Å²) in [6.07, 6.45) is 0. The van der Waals surface area contributed by atoms with E-state index in [4.69, 9.17) is 9.88 Å². The van der Waals surface area contributed by atoms with Crippen molar-refractivity contribution in [2.45, 2.75) is 9.79 Å². The van der Waals surface area contributed by atoms with E-state index < -0.39 is 41.2 Å². The number of rotatable bonds is 6. The van der Waals surface area contributed by atoms with Gasteiger partial charge in [-0.1, -0.05) is 28.1 Å². The van der Waals surface area contributed by atoms with Gasteiger partial charge < -0.3 is 4.74 Å². The smallest absolute Gasteiger partial charge is 0.239 e. The highest BCUT2D eigenvalue weighted by molar-refractivity contribution is 9.10. The molecule has 0 aromatic heterocycles. The monoisotopic (exact) mass is 447 g/mol. The van der Waals surface area contributed by atoms with Crippen molar-refractivity contribution in [2.24, 2.45) is 5.14 Å². The molecule has 0 aliphatic rings. The van der Waals surface area contributed by atoms with Crippen molar-refractivity contribution in [2.75, 3.05) is 12.9 Å². The lowest BCUT2D eigenvalue weighted by Crippen LogP contribution is -2.21. The third kappa shape index (κ3) is 4.46. The van der Waals surface area contributed by atoms with Gasteiger partial charge in [0.15, 0.2) is 15.6 Å². The Kier molecular flexibility index (Phi) is 5.67. The second-order valence-corrected chi connectivity index (χ2v) is 9.42. The molecule has 0 atom stereocenters. The van der Waals surface area contributed by atoms with Crippen molar-refractivity contribution in [1.29, 1.82) is 0 Å². The Morgan fingerprint density at radius 1 is 1.08 bits per heavy atom. The predicted octanol–water partition coefficient (Wildman–Crippen LogP) is 1.76. The first-order valence-electron chi connectivity index (χ1n) is 6.77. The molecule has 0 fully saturated rings. The zero-order chi connectivity index (χ0) is 18.8. The van der Waals surface area contributed by atoms with Crippen molar-refractivity contribution in [1.82, 2.24) is 0 Å². The Bertz CT molecular complexity index is 1030. The number of carbonyl (C=O) groups excluding carboxylic acids is 1. The van der Waals surface area contributed by atoms with Gasteiger partial charge in [-0.15, -0.1) is 0 Å². The van der Waals surface area contributed by atoms with E-state index in [9.17, 15) is 21.6 Å². The molecule has 134 valence electrons. The summed E-state index contributed by atoms with van der Waals surface area (Å²) in [5.41, 5.74) is 0.0716. The van der Waals surface area contributed by atoms with Crippen LogP contribution in [0.25, 0.3) is 0 Å². The van der Waals surface area contributed by atoms with Gasteiger partial charge in [-0.25, -0.2) is 22.0 Å². The lowest BCUT2D eigenvalue weighted by atomic mass is 10.1. The summed E-state index contributed by atoms with van der Waals surface area (Å²) in [6.45, 7) is 0. The van der Waals surface area contributed by atoms with E-state index in [-0.39, 0.29) is 11.3 Å². The number of primary sulfonamides is 1. The van der Waals surface area contributed by atoms with Gasteiger partial charge in [-0.2, -0.15) is 0 Å². The van der Waals surface area contributed by atoms with Crippen LogP contribution in [0.5, 0.6) is 5.75 Å². The maximum atomic E-state index is 12.6. The van der Waals surface area contributed by atoms with Crippen LogP contribution in [0.1, 0.15) is 10.4 Å². The summed E-state index contributed by atoms with van der Waals surface area (Å²) in [5, 5.41) is 5.06. The number of sulfone groups is 1. The summed E-state index contributed by atoms with van der Waals surface area (Å²) < 4.78 is 54.1. The van der Waals surface area contributed by atoms with Crippen LogP contribution in [0.3, 0.4) is 0 Å². The van der Waals surface area contributed by atoms with Gasteiger partial charge in [0.1, 0.15) is 16.4 Å². The number of sulfonamides is 1. The average Bonchev–Trinajstić information content (AvgIpc) is 2.53. The molecule has 0 spiro atoms.